The van der Waals surface area contributed by atoms with Crippen molar-refractivity contribution >= 4 is 38.9 Å². The van der Waals surface area contributed by atoms with Crippen LogP contribution in [0.2, 0.25) is 5.02 Å². The molecule has 4 rings (SSSR count). The Labute approximate surface area is 194 Å². The Balaban J connectivity index is 1.67. The van der Waals surface area contributed by atoms with Gasteiger partial charge in [-0.1, -0.05) is 29.8 Å². The van der Waals surface area contributed by atoms with Gasteiger partial charge in [0.05, 0.1) is 10.6 Å². The van der Waals surface area contributed by atoms with Gasteiger partial charge in [0, 0.05) is 27.5 Å². The molecule has 33 heavy (non-hydrogen) atoms. The van der Waals surface area contributed by atoms with E-state index in [1.165, 1.54) is 12.1 Å². The van der Waals surface area contributed by atoms with Gasteiger partial charge in [0.15, 0.2) is 0 Å². The van der Waals surface area contributed by atoms with Crippen LogP contribution < -0.4 is 15.6 Å². The van der Waals surface area contributed by atoms with Crippen molar-refractivity contribution < 1.29 is 12.8 Å². The Bertz CT molecular complexity index is 1490. The third-order valence-corrected chi connectivity index (χ3v) is 6.38. The van der Waals surface area contributed by atoms with E-state index in [1.807, 2.05) is 0 Å². The highest BCUT2D eigenvalue weighted by Crippen LogP contribution is 2.26. The number of anilines is 3. The number of aromatic amines is 1. The molecule has 0 unspecified atom stereocenters. The van der Waals surface area contributed by atoms with Crippen molar-refractivity contribution in [1.29, 1.82) is 0 Å². The fourth-order valence-electron chi connectivity index (χ4n) is 3.12. The van der Waals surface area contributed by atoms with Crippen LogP contribution in [0.4, 0.5) is 21.7 Å². The first kappa shape index (κ1) is 22.5. The molecule has 3 aromatic carbocycles. The number of sulfonamides is 1. The molecule has 0 aliphatic heterocycles. The molecular formula is C23H18ClFN4O3S. The molecule has 0 fully saturated rings. The van der Waals surface area contributed by atoms with Gasteiger partial charge in [-0.15, -0.1) is 0 Å². The van der Waals surface area contributed by atoms with Crippen molar-refractivity contribution in [1.82, 2.24) is 9.97 Å². The number of benzene rings is 3. The zero-order chi connectivity index (χ0) is 23.6. The van der Waals surface area contributed by atoms with Crippen molar-refractivity contribution in [3.63, 3.8) is 0 Å². The van der Waals surface area contributed by atoms with Crippen molar-refractivity contribution in [3.05, 3.63) is 99.6 Å². The van der Waals surface area contributed by atoms with Crippen LogP contribution in [0.25, 0.3) is 11.3 Å². The van der Waals surface area contributed by atoms with Crippen LogP contribution >= 0.6 is 11.6 Å². The Morgan fingerprint density at radius 1 is 0.970 bits per heavy atom. The standard InChI is InChI=1S/C23H18ClFN4O3S/c1-14-21(27-23(28-22(14)30)26-18-10-8-16(24)9-11-18)15-4-2-6-19(12-15)29-33(31,32)20-7-3-5-17(25)13-20/h2-13,29H,1H3,(H2,26,27,28,30). The normalized spacial score (nSPS) is 11.2. The molecule has 0 bridgehead atoms. The Kier molecular flexibility index (Phi) is 6.17. The molecule has 0 aliphatic rings. The lowest BCUT2D eigenvalue weighted by atomic mass is 10.1. The van der Waals surface area contributed by atoms with E-state index < -0.39 is 15.8 Å². The molecule has 1 aromatic heterocycles. The highest BCUT2D eigenvalue weighted by molar-refractivity contribution is 7.92. The molecule has 0 spiro atoms. The van der Waals surface area contributed by atoms with Gasteiger partial charge in [-0.05, 0) is 61.5 Å². The van der Waals surface area contributed by atoms with Gasteiger partial charge in [0.25, 0.3) is 15.6 Å². The number of nitrogens with one attached hydrogen (secondary N) is 3. The lowest BCUT2D eigenvalue weighted by Crippen LogP contribution is -2.16. The SMILES string of the molecule is Cc1c(-c2cccc(NS(=O)(=O)c3cccc(F)c3)c2)nc(Nc2ccc(Cl)cc2)[nH]c1=O. The third kappa shape index (κ3) is 5.21. The van der Waals surface area contributed by atoms with Crippen LogP contribution in [-0.4, -0.2) is 18.4 Å². The van der Waals surface area contributed by atoms with E-state index in [-0.39, 0.29) is 22.1 Å². The first-order valence-corrected chi connectivity index (χ1v) is 11.6. The summed E-state index contributed by atoms with van der Waals surface area (Å²) in [4.78, 5) is 19.5. The minimum absolute atomic E-state index is 0.201. The number of hydrogen-bond acceptors (Lipinski definition) is 5. The second-order valence-corrected chi connectivity index (χ2v) is 9.28. The van der Waals surface area contributed by atoms with Gasteiger partial charge in [0.2, 0.25) is 5.95 Å². The number of aromatic nitrogens is 2. The van der Waals surface area contributed by atoms with Gasteiger partial charge in [0.1, 0.15) is 5.82 Å². The van der Waals surface area contributed by atoms with Gasteiger partial charge >= 0.3 is 0 Å². The minimum atomic E-state index is -4.01. The molecule has 10 heteroatoms. The van der Waals surface area contributed by atoms with Gasteiger partial charge in [-0.25, -0.2) is 17.8 Å². The smallest absolute Gasteiger partial charge is 0.261 e. The highest BCUT2D eigenvalue weighted by Gasteiger charge is 2.16. The summed E-state index contributed by atoms with van der Waals surface area (Å²) in [6.45, 7) is 1.62. The Morgan fingerprint density at radius 3 is 2.42 bits per heavy atom. The summed E-state index contributed by atoms with van der Waals surface area (Å²) in [7, 11) is -4.01. The van der Waals surface area contributed by atoms with E-state index in [9.17, 15) is 17.6 Å². The van der Waals surface area contributed by atoms with E-state index in [2.05, 4.69) is 20.0 Å². The number of hydrogen-bond donors (Lipinski definition) is 3. The zero-order valence-corrected chi connectivity index (χ0v) is 18.8. The number of H-pyrrole nitrogens is 1. The first-order valence-electron chi connectivity index (χ1n) is 9.73. The highest BCUT2D eigenvalue weighted by atomic mass is 35.5. The molecule has 3 N–H and O–H groups in total. The second-order valence-electron chi connectivity index (χ2n) is 7.16. The second kappa shape index (κ2) is 9.05. The van der Waals surface area contributed by atoms with E-state index in [1.54, 1.807) is 55.5 Å². The molecule has 0 saturated carbocycles. The molecule has 4 aromatic rings. The molecule has 0 amide bonds. The number of halogens is 2. The third-order valence-electron chi connectivity index (χ3n) is 4.75. The van der Waals surface area contributed by atoms with Crippen molar-refractivity contribution in [2.45, 2.75) is 11.8 Å². The van der Waals surface area contributed by atoms with Crippen LogP contribution in [0.3, 0.4) is 0 Å². The fraction of sp³-hybridized carbons (Fsp3) is 0.0435. The average Bonchev–Trinajstić information content (AvgIpc) is 2.77. The quantitative estimate of drug-likeness (QED) is 0.354. The van der Waals surface area contributed by atoms with Gasteiger partial charge in [-0.3, -0.25) is 14.5 Å². The molecular weight excluding hydrogens is 467 g/mol. The maximum atomic E-state index is 13.5. The van der Waals surface area contributed by atoms with Crippen molar-refractivity contribution in [3.8, 4) is 11.3 Å². The number of rotatable bonds is 6. The van der Waals surface area contributed by atoms with Crippen molar-refractivity contribution in [2.24, 2.45) is 0 Å². The van der Waals surface area contributed by atoms with Crippen LogP contribution in [0.5, 0.6) is 0 Å². The minimum Gasteiger partial charge on any atom is -0.326 e. The molecule has 0 radical (unpaired) electrons. The van der Waals surface area contributed by atoms with Gasteiger partial charge < -0.3 is 5.32 Å². The molecule has 168 valence electrons. The van der Waals surface area contributed by atoms with E-state index in [0.29, 0.717) is 27.5 Å². The summed E-state index contributed by atoms with van der Waals surface area (Å²) in [5, 5.41) is 3.59. The summed E-state index contributed by atoms with van der Waals surface area (Å²) >= 11 is 5.90. The maximum Gasteiger partial charge on any atom is 0.261 e. The lowest BCUT2D eigenvalue weighted by molar-refractivity contribution is 0.595. The zero-order valence-electron chi connectivity index (χ0n) is 17.3. The molecule has 7 nitrogen and oxygen atoms in total. The van der Waals surface area contributed by atoms with Crippen molar-refractivity contribution in [2.75, 3.05) is 10.0 Å². The average molecular weight is 485 g/mol. The molecule has 0 saturated heterocycles. The summed E-state index contributed by atoms with van der Waals surface area (Å²) in [6.07, 6.45) is 0. The van der Waals surface area contributed by atoms with E-state index in [0.717, 1.165) is 12.1 Å². The molecule has 0 aliphatic carbocycles. The lowest BCUT2D eigenvalue weighted by Gasteiger charge is -2.12. The summed E-state index contributed by atoms with van der Waals surface area (Å²) in [5.41, 5.74) is 1.84. The van der Waals surface area contributed by atoms with Crippen LogP contribution in [0.15, 0.2) is 82.5 Å². The first-order chi connectivity index (χ1) is 15.7. The Hall–Kier alpha value is -3.69. The fourth-order valence-corrected chi connectivity index (χ4v) is 4.33. The predicted molar refractivity (Wildman–Crippen MR) is 127 cm³/mol. The number of nitrogens with zero attached hydrogens (tertiary/aromatic N) is 1. The summed E-state index contributed by atoms with van der Waals surface area (Å²) in [5.74, 6) is -0.440. The van der Waals surface area contributed by atoms with E-state index in [4.69, 9.17) is 11.6 Å². The monoisotopic (exact) mass is 484 g/mol. The molecule has 0 atom stereocenters. The van der Waals surface area contributed by atoms with E-state index >= 15 is 0 Å². The maximum absolute atomic E-state index is 13.5. The van der Waals surface area contributed by atoms with Crippen LogP contribution in [-0.2, 0) is 10.0 Å². The summed E-state index contributed by atoms with van der Waals surface area (Å²) < 4.78 is 41.2. The summed E-state index contributed by atoms with van der Waals surface area (Å²) in [6, 6.07) is 18.0. The Morgan fingerprint density at radius 2 is 1.70 bits per heavy atom. The molecule has 1 heterocycles. The van der Waals surface area contributed by atoms with Gasteiger partial charge in [-0.2, -0.15) is 0 Å². The van der Waals surface area contributed by atoms with Crippen LogP contribution in [0.1, 0.15) is 5.56 Å². The topological polar surface area (TPSA) is 104 Å². The predicted octanol–water partition coefficient (Wildman–Crippen LogP) is 5.08. The largest absolute Gasteiger partial charge is 0.326 e. The van der Waals surface area contributed by atoms with Crippen LogP contribution in [0, 0.1) is 12.7 Å².